The van der Waals surface area contributed by atoms with Gasteiger partial charge in [-0.15, -0.1) is 0 Å². The van der Waals surface area contributed by atoms with Crippen LogP contribution in [-0.2, 0) is 4.79 Å². The van der Waals surface area contributed by atoms with Crippen LogP contribution in [-0.4, -0.2) is 34.0 Å². The first-order valence-electron chi connectivity index (χ1n) is 7.25. The third-order valence-electron chi connectivity index (χ3n) is 4.77. The number of nitrogens with zero attached hydrogens (tertiary/aromatic N) is 1. The zero-order chi connectivity index (χ0) is 14.2. The summed E-state index contributed by atoms with van der Waals surface area (Å²) < 4.78 is 0. The maximum Gasteiger partial charge on any atom is 0.243 e. The molecule has 0 spiro atoms. The van der Waals surface area contributed by atoms with Gasteiger partial charge in [-0.25, -0.2) is 0 Å². The summed E-state index contributed by atoms with van der Waals surface area (Å²) in [5, 5.41) is 3.53. The van der Waals surface area contributed by atoms with Crippen LogP contribution in [0, 0.1) is 0 Å². The minimum atomic E-state index is -0.423. The molecule has 18 heavy (non-hydrogen) atoms. The van der Waals surface area contributed by atoms with Gasteiger partial charge in [0.05, 0.1) is 5.54 Å². The van der Waals surface area contributed by atoms with Crippen molar-refractivity contribution in [2.45, 2.75) is 84.3 Å². The summed E-state index contributed by atoms with van der Waals surface area (Å²) in [6.45, 7) is 15.8. The normalized spacial score (nSPS) is 28.6. The Kier molecular flexibility index (Phi) is 4.16. The van der Waals surface area contributed by atoms with Gasteiger partial charge in [0, 0.05) is 17.6 Å². The Morgan fingerprint density at radius 1 is 1.22 bits per heavy atom. The Morgan fingerprint density at radius 2 is 1.72 bits per heavy atom. The van der Waals surface area contributed by atoms with Gasteiger partial charge in [0.1, 0.15) is 0 Å². The van der Waals surface area contributed by atoms with Crippen LogP contribution in [0.15, 0.2) is 0 Å². The molecule has 1 saturated heterocycles. The molecule has 1 fully saturated rings. The summed E-state index contributed by atoms with van der Waals surface area (Å²) in [6.07, 6.45) is 2.84. The van der Waals surface area contributed by atoms with E-state index in [1.807, 2.05) is 6.92 Å². The molecule has 1 atom stereocenters. The molecule has 0 aliphatic carbocycles. The van der Waals surface area contributed by atoms with Crippen molar-refractivity contribution in [2.24, 2.45) is 0 Å². The van der Waals surface area contributed by atoms with Crippen molar-refractivity contribution >= 4 is 5.91 Å². The fourth-order valence-electron chi connectivity index (χ4n) is 2.91. The summed E-state index contributed by atoms with van der Waals surface area (Å²) >= 11 is 0. The highest BCUT2D eigenvalue weighted by atomic mass is 16.2. The van der Waals surface area contributed by atoms with Crippen molar-refractivity contribution in [3.05, 3.63) is 0 Å². The van der Waals surface area contributed by atoms with E-state index in [1.165, 1.54) is 0 Å². The van der Waals surface area contributed by atoms with Crippen LogP contribution in [0.4, 0.5) is 0 Å². The number of amides is 1. The van der Waals surface area contributed by atoms with E-state index in [4.69, 9.17) is 0 Å². The summed E-state index contributed by atoms with van der Waals surface area (Å²) in [5.41, 5.74) is -0.468. The molecule has 3 nitrogen and oxygen atoms in total. The van der Waals surface area contributed by atoms with E-state index in [0.717, 1.165) is 25.8 Å². The Balaban J connectivity index is 3.15. The van der Waals surface area contributed by atoms with Crippen LogP contribution in [0.2, 0.25) is 0 Å². The average Bonchev–Trinajstić information content (AvgIpc) is 2.32. The van der Waals surface area contributed by atoms with Crippen molar-refractivity contribution < 1.29 is 4.79 Å². The number of nitrogens with one attached hydrogen (secondary N) is 1. The molecule has 1 heterocycles. The lowest BCUT2D eigenvalue weighted by atomic mass is 9.82. The fraction of sp³-hybridized carbons (Fsp3) is 0.933. The first-order valence-corrected chi connectivity index (χ1v) is 7.25. The molecule has 0 bridgehead atoms. The zero-order valence-corrected chi connectivity index (χ0v) is 13.2. The molecule has 1 aliphatic rings. The smallest absolute Gasteiger partial charge is 0.243 e. The minimum Gasteiger partial charge on any atom is -0.334 e. The van der Waals surface area contributed by atoms with Gasteiger partial charge in [-0.05, 0) is 47.0 Å². The molecular formula is C15H30N2O. The summed E-state index contributed by atoms with van der Waals surface area (Å²) in [4.78, 5) is 14.9. The van der Waals surface area contributed by atoms with Crippen LogP contribution in [0.5, 0.6) is 0 Å². The van der Waals surface area contributed by atoms with Gasteiger partial charge in [0.15, 0.2) is 0 Å². The molecule has 3 heteroatoms. The van der Waals surface area contributed by atoms with Crippen LogP contribution in [0.1, 0.15) is 67.7 Å². The van der Waals surface area contributed by atoms with E-state index in [0.29, 0.717) is 0 Å². The second kappa shape index (κ2) is 4.84. The predicted molar refractivity (Wildman–Crippen MR) is 76.6 cm³/mol. The zero-order valence-electron chi connectivity index (χ0n) is 13.2. The lowest BCUT2D eigenvalue weighted by Gasteiger charge is -2.54. The maximum atomic E-state index is 12.8. The number of hydrogen-bond acceptors (Lipinski definition) is 2. The van der Waals surface area contributed by atoms with Gasteiger partial charge in [-0.2, -0.15) is 0 Å². The third-order valence-corrected chi connectivity index (χ3v) is 4.77. The molecule has 0 aromatic heterocycles. The SMILES string of the molecule is CCC1(C)NC(C)(C)CN(C(C)(CC)CC)C1=O. The molecule has 0 radical (unpaired) electrons. The van der Waals surface area contributed by atoms with Gasteiger partial charge < -0.3 is 4.90 Å². The molecule has 1 rings (SSSR count). The van der Waals surface area contributed by atoms with Crippen molar-refractivity contribution in [3.63, 3.8) is 0 Å². The molecule has 0 aromatic carbocycles. The van der Waals surface area contributed by atoms with Crippen LogP contribution in [0.3, 0.4) is 0 Å². The highest BCUT2D eigenvalue weighted by molar-refractivity contribution is 5.87. The topological polar surface area (TPSA) is 32.3 Å². The summed E-state index contributed by atoms with van der Waals surface area (Å²) in [6, 6.07) is 0. The van der Waals surface area contributed by atoms with E-state index >= 15 is 0 Å². The van der Waals surface area contributed by atoms with Gasteiger partial charge >= 0.3 is 0 Å². The summed E-state index contributed by atoms with van der Waals surface area (Å²) in [5.74, 6) is 0.260. The lowest BCUT2D eigenvalue weighted by Crippen LogP contribution is -2.73. The standard InChI is InChI=1S/C15H30N2O/c1-8-14(6,9-2)17-11-13(4,5)16-15(7,10-3)12(17)18/h16H,8-11H2,1-7H3. The average molecular weight is 254 g/mol. The van der Waals surface area contributed by atoms with Crippen LogP contribution >= 0.6 is 0 Å². The van der Waals surface area contributed by atoms with Crippen molar-refractivity contribution in [1.82, 2.24) is 10.2 Å². The number of carbonyl (C=O) groups excluding carboxylic acids is 1. The minimum absolute atomic E-state index is 0.0209. The van der Waals surface area contributed by atoms with Crippen LogP contribution in [0.25, 0.3) is 0 Å². The molecule has 1 N–H and O–H groups in total. The Bertz CT molecular complexity index is 320. The molecule has 1 amide bonds. The lowest BCUT2D eigenvalue weighted by molar-refractivity contribution is -0.153. The largest absolute Gasteiger partial charge is 0.334 e. The highest BCUT2D eigenvalue weighted by Gasteiger charge is 2.49. The number of piperazine rings is 1. The van der Waals surface area contributed by atoms with Gasteiger partial charge in [0.25, 0.3) is 0 Å². The fourth-order valence-corrected chi connectivity index (χ4v) is 2.91. The molecule has 1 aliphatic heterocycles. The van der Waals surface area contributed by atoms with E-state index in [2.05, 4.69) is 51.8 Å². The van der Waals surface area contributed by atoms with Crippen molar-refractivity contribution in [1.29, 1.82) is 0 Å². The Hall–Kier alpha value is -0.570. The highest BCUT2D eigenvalue weighted by Crippen LogP contribution is 2.33. The molecule has 106 valence electrons. The van der Waals surface area contributed by atoms with Crippen molar-refractivity contribution in [2.75, 3.05) is 6.54 Å². The second-order valence-electron chi connectivity index (χ2n) is 6.79. The Morgan fingerprint density at radius 3 is 2.11 bits per heavy atom. The number of hydrogen-bond donors (Lipinski definition) is 1. The molecular weight excluding hydrogens is 224 g/mol. The maximum absolute atomic E-state index is 12.8. The first kappa shape index (κ1) is 15.5. The number of carbonyl (C=O) groups is 1. The van der Waals surface area contributed by atoms with E-state index < -0.39 is 5.54 Å². The first-order chi connectivity index (χ1) is 8.14. The van der Waals surface area contributed by atoms with E-state index in [1.54, 1.807) is 0 Å². The van der Waals surface area contributed by atoms with Crippen molar-refractivity contribution in [3.8, 4) is 0 Å². The quantitative estimate of drug-likeness (QED) is 0.836. The van der Waals surface area contributed by atoms with Crippen LogP contribution < -0.4 is 5.32 Å². The van der Waals surface area contributed by atoms with Gasteiger partial charge in [-0.1, -0.05) is 20.8 Å². The number of rotatable bonds is 4. The monoisotopic (exact) mass is 254 g/mol. The Labute approximate surface area is 112 Å². The molecule has 0 aromatic rings. The van der Waals surface area contributed by atoms with Gasteiger partial charge in [-0.3, -0.25) is 10.1 Å². The molecule has 0 saturated carbocycles. The molecule has 1 unspecified atom stereocenters. The van der Waals surface area contributed by atoms with Gasteiger partial charge in [0.2, 0.25) is 5.91 Å². The van der Waals surface area contributed by atoms with E-state index in [9.17, 15) is 4.79 Å². The predicted octanol–water partition coefficient (Wildman–Crippen LogP) is 2.94. The van der Waals surface area contributed by atoms with E-state index in [-0.39, 0.29) is 17.0 Å². The summed E-state index contributed by atoms with van der Waals surface area (Å²) in [7, 11) is 0. The second-order valence-corrected chi connectivity index (χ2v) is 6.79. The third kappa shape index (κ3) is 2.56.